The maximum Gasteiger partial charge on any atom is 0.243 e. The van der Waals surface area contributed by atoms with Crippen LogP contribution in [0.5, 0.6) is 0 Å². The molecule has 0 spiro atoms. The third kappa shape index (κ3) is 9.46. The minimum absolute atomic E-state index is 0.0848. The lowest BCUT2D eigenvalue weighted by atomic mass is 10.0. The topological polar surface area (TPSA) is 86.8 Å². The second-order valence-electron chi connectivity index (χ2n) is 11.1. The Morgan fingerprint density at radius 3 is 2.10 bits per heavy atom. The monoisotopic (exact) mass is 577 g/mol. The molecule has 2 amide bonds. The molecule has 0 fully saturated rings. The minimum Gasteiger partial charge on any atom is -0.352 e. The van der Waals surface area contributed by atoms with E-state index in [9.17, 15) is 18.0 Å². The number of benzene rings is 3. The number of carbonyl (C=O) groups excluding carboxylic acids is 2. The van der Waals surface area contributed by atoms with E-state index in [1.54, 1.807) is 11.0 Å². The van der Waals surface area contributed by atoms with Gasteiger partial charge in [-0.25, -0.2) is 8.42 Å². The first-order valence-corrected chi connectivity index (χ1v) is 15.9. The van der Waals surface area contributed by atoms with E-state index in [-0.39, 0.29) is 37.4 Å². The molecule has 1 atom stereocenters. The van der Waals surface area contributed by atoms with Gasteiger partial charge in [0.15, 0.2) is 0 Å². The molecular formula is C33H43N3O4S. The molecule has 0 radical (unpaired) electrons. The fraction of sp³-hybridized carbons (Fsp3) is 0.394. The molecule has 3 rings (SSSR count). The largest absolute Gasteiger partial charge is 0.352 e. The predicted octanol–water partition coefficient (Wildman–Crippen LogP) is 5.32. The Balaban J connectivity index is 1.88. The van der Waals surface area contributed by atoms with Gasteiger partial charge in [0.1, 0.15) is 6.04 Å². The average molecular weight is 578 g/mol. The number of sulfonamides is 1. The van der Waals surface area contributed by atoms with Gasteiger partial charge in [0.05, 0.1) is 11.9 Å². The van der Waals surface area contributed by atoms with Gasteiger partial charge in [-0.3, -0.25) is 13.9 Å². The molecule has 3 aromatic carbocycles. The number of rotatable bonds is 13. The van der Waals surface area contributed by atoms with Crippen molar-refractivity contribution >= 4 is 27.5 Å². The van der Waals surface area contributed by atoms with Gasteiger partial charge in [0.2, 0.25) is 21.8 Å². The van der Waals surface area contributed by atoms with Crippen molar-refractivity contribution in [2.45, 2.75) is 72.5 Å². The number of hydrogen-bond acceptors (Lipinski definition) is 4. The van der Waals surface area contributed by atoms with Crippen molar-refractivity contribution in [3.63, 3.8) is 0 Å². The van der Waals surface area contributed by atoms with E-state index in [0.717, 1.165) is 27.8 Å². The zero-order chi connectivity index (χ0) is 30.2. The van der Waals surface area contributed by atoms with Gasteiger partial charge < -0.3 is 10.2 Å². The molecule has 1 unspecified atom stereocenters. The van der Waals surface area contributed by atoms with Gasteiger partial charge in [-0.1, -0.05) is 66.2 Å². The number of anilines is 1. The predicted molar refractivity (Wildman–Crippen MR) is 166 cm³/mol. The fourth-order valence-electron chi connectivity index (χ4n) is 4.71. The Bertz CT molecular complexity index is 1420. The zero-order valence-corrected chi connectivity index (χ0v) is 25.9. The van der Waals surface area contributed by atoms with Crippen LogP contribution in [0.15, 0.2) is 72.8 Å². The first-order valence-electron chi connectivity index (χ1n) is 14.1. The molecule has 8 heteroatoms. The second-order valence-corrected chi connectivity index (χ2v) is 13.0. The summed E-state index contributed by atoms with van der Waals surface area (Å²) >= 11 is 0. The Labute approximate surface area is 245 Å². The van der Waals surface area contributed by atoms with Crippen LogP contribution in [0.3, 0.4) is 0 Å². The number of nitrogens with zero attached hydrogens (tertiary/aromatic N) is 2. The molecule has 0 aliphatic carbocycles. The van der Waals surface area contributed by atoms with E-state index in [0.29, 0.717) is 18.5 Å². The number of carbonyl (C=O) groups is 2. The van der Waals surface area contributed by atoms with Crippen LogP contribution < -0.4 is 9.62 Å². The molecule has 3 aromatic rings. The molecule has 220 valence electrons. The first kappa shape index (κ1) is 31.9. The van der Waals surface area contributed by atoms with Crippen molar-refractivity contribution in [2.75, 3.05) is 17.1 Å². The summed E-state index contributed by atoms with van der Waals surface area (Å²) in [5.41, 5.74) is 5.64. The molecule has 0 aromatic heterocycles. The molecular weight excluding hydrogens is 534 g/mol. The van der Waals surface area contributed by atoms with Crippen LogP contribution in [0.1, 0.15) is 54.5 Å². The molecule has 7 nitrogen and oxygen atoms in total. The van der Waals surface area contributed by atoms with Crippen molar-refractivity contribution in [2.24, 2.45) is 0 Å². The normalized spacial score (nSPS) is 12.2. The van der Waals surface area contributed by atoms with E-state index < -0.39 is 16.1 Å². The quantitative estimate of drug-likeness (QED) is 0.298. The number of amides is 2. The van der Waals surface area contributed by atoms with Gasteiger partial charge in [0, 0.05) is 32.0 Å². The summed E-state index contributed by atoms with van der Waals surface area (Å²) < 4.78 is 26.7. The van der Waals surface area contributed by atoms with Gasteiger partial charge in [-0.15, -0.1) is 0 Å². The first-order chi connectivity index (χ1) is 19.3. The van der Waals surface area contributed by atoms with E-state index in [1.807, 2.05) is 101 Å². The summed E-state index contributed by atoms with van der Waals surface area (Å²) in [4.78, 5) is 29.0. The Morgan fingerprint density at radius 1 is 0.854 bits per heavy atom. The van der Waals surface area contributed by atoms with Crippen LogP contribution in [-0.2, 0) is 32.6 Å². The summed E-state index contributed by atoms with van der Waals surface area (Å²) in [7, 11) is -3.56. The minimum atomic E-state index is -3.56. The van der Waals surface area contributed by atoms with Crippen molar-refractivity contribution in [3.8, 4) is 0 Å². The molecule has 0 aliphatic rings. The number of hydrogen-bond donors (Lipinski definition) is 1. The van der Waals surface area contributed by atoms with Crippen molar-refractivity contribution in [1.29, 1.82) is 0 Å². The average Bonchev–Trinajstić information content (AvgIpc) is 2.90. The van der Waals surface area contributed by atoms with Crippen LogP contribution in [0.2, 0.25) is 0 Å². The highest BCUT2D eigenvalue weighted by Gasteiger charge is 2.31. The van der Waals surface area contributed by atoms with Crippen LogP contribution in [0, 0.1) is 20.8 Å². The highest BCUT2D eigenvalue weighted by molar-refractivity contribution is 7.92. The maximum atomic E-state index is 13.9. The molecule has 41 heavy (non-hydrogen) atoms. The van der Waals surface area contributed by atoms with Gasteiger partial charge >= 0.3 is 0 Å². The van der Waals surface area contributed by atoms with E-state index in [2.05, 4.69) is 5.32 Å². The molecule has 0 heterocycles. The van der Waals surface area contributed by atoms with Crippen LogP contribution in [-0.4, -0.2) is 50.0 Å². The van der Waals surface area contributed by atoms with Gasteiger partial charge in [-0.05, 0) is 75.4 Å². The molecule has 0 bridgehead atoms. The smallest absolute Gasteiger partial charge is 0.243 e. The summed E-state index contributed by atoms with van der Waals surface area (Å²) in [5, 5.41) is 3.00. The Morgan fingerprint density at radius 2 is 1.51 bits per heavy atom. The number of aryl methyl sites for hydroxylation is 3. The lowest BCUT2D eigenvalue weighted by molar-refractivity contribution is -0.141. The maximum absolute atomic E-state index is 13.9. The summed E-state index contributed by atoms with van der Waals surface area (Å²) in [6.45, 7) is 10.2. The Hall–Kier alpha value is -3.65. The summed E-state index contributed by atoms with van der Waals surface area (Å²) in [6, 6.07) is 22.3. The van der Waals surface area contributed by atoms with Crippen molar-refractivity contribution < 1.29 is 18.0 Å². The van der Waals surface area contributed by atoms with Crippen molar-refractivity contribution in [3.05, 3.63) is 101 Å². The summed E-state index contributed by atoms with van der Waals surface area (Å²) in [6.07, 6.45) is 1.96. The fourth-order valence-corrected chi connectivity index (χ4v) is 5.67. The standard InChI is InChI=1S/C33H43N3O4S/c1-24(2)34-33(38)31(22-28-11-8-7-9-12-28)35(23-29-17-14-25(3)15-18-29)32(37)13-10-20-36(41(6,39)40)30-19-16-26(4)27(5)21-30/h7-9,11-12,14-19,21,24,31H,10,13,20,22-23H2,1-6H3,(H,34,38). The molecule has 0 saturated heterocycles. The highest BCUT2D eigenvalue weighted by Crippen LogP contribution is 2.23. The SMILES string of the molecule is Cc1ccc(CN(C(=O)CCCN(c2ccc(C)c(C)c2)S(C)(=O)=O)C(Cc2ccccc2)C(=O)NC(C)C)cc1. The van der Waals surface area contributed by atoms with Crippen LogP contribution >= 0.6 is 0 Å². The molecule has 0 saturated carbocycles. The van der Waals surface area contributed by atoms with E-state index in [4.69, 9.17) is 0 Å². The van der Waals surface area contributed by atoms with Crippen LogP contribution in [0.4, 0.5) is 5.69 Å². The third-order valence-electron chi connectivity index (χ3n) is 7.11. The molecule has 0 aliphatic heterocycles. The lowest BCUT2D eigenvalue weighted by Crippen LogP contribution is -2.51. The zero-order valence-electron chi connectivity index (χ0n) is 25.1. The third-order valence-corrected chi connectivity index (χ3v) is 8.30. The van der Waals surface area contributed by atoms with Crippen molar-refractivity contribution in [1.82, 2.24) is 10.2 Å². The molecule has 1 N–H and O–H groups in total. The lowest BCUT2D eigenvalue weighted by Gasteiger charge is -2.32. The second kappa shape index (κ2) is 14.3. The highest BCUT2D eigenvalue weighted by atomic mass is 32.2. The van der Waals surface area contributed by atoms with E-state index >= 15 is 0 Å². The Kier molecular flexibility index (Phi) is 11.1. The van der Waals surface area contributed by atoms with E-state index in [1.165, 1.54) is 10.6 Å². The number of nitrogens with one attached hydrogen (secondary N) is 1. The van der Waals surface area contributed by atoms with Gasteiger partial charge in [0.25, 0.3) is 0 Å². The van der Waals surface area contributed by atoms with Crippen LogP contribution in [0.25, 0.3) is 0 Å². The van der Waals surface area contributed by atoms with Gasteiger partial charge in [-0.2, -0.15) is 0 Å². The summed E-state index contributed by atoms with van der Waals surface area (Å²) in [5.74, 6) is -0.406.